The van der Waals surface area contributed by atoms with Crippen LogP contribution >= 0.6 is 12.6 Å². The third-order valence-electron chi connectivity index (χ3n) is 3.92. The molecule has 148 valence electrons. The molecule has 0 radical (unpaired) electrons. The molecule has 1 aliphatic rings. The van der Waals surface area contributed by atoms with E-state index in [2.05, 4.69) is 17.4 Å². The second kappa shape index (κ2) is 9.97. The SMILES string of the molecule is NC(=O)OCCOC[C@@H]1C[C@H](S)CN1C(=O)OCc1ccc([N+](=O)[O-])cc1. The average molecular weight is 399 g/mol. The molecule has 1 aromatic carbocycles. The van der Waals surface area contributed by atoms with Gasteiger partial charge in [-0.1, -0.05) is 0 Å². The summed E-state index contributed by atoms with van der Waals surface area (Å²) in [6, 6.07) is 5.58. The van der Waals surface area contributed by atoms with E-state index in [9.17, 15) is 19.7 Å². The molecular weight excluding hydrogens is 378 g/mol. The molecule has 2 atom stereocenters. The van der Waals surface area contributed by atoms with E-state index < -0.39 is 17.1 Å². The van der Waals surface area contributed by atoms with Crippen molar-refractivity contribution in [1.29, 1.82) is 0 Å². The lowest BCUT2D eigenvalue weighted by atomic mass is 10.2. The lowest BCUT2D eigenvalue weighted by Crippen LogP contribution is -2.39. The molecule has 0 bridgehead atoms. The molecule has 1 fully saturated rings. The van der Waals surface area contributed by atoms with Crippen LogP contribution in [0.1, 0.15) is 12.0 Å². The van der Waals surface area contributed by atoms with Crippen molar-refractivity contribution >= 4 is 30.5 Å². The van der Waals surface area contributed by atoms with E-state index in [-0.39, 0.29) is 43.4 Å². The zero-order valence-electron chi connectivity index (χ0n) is 14.5. The van der Waals surface area contributed by atoms with Crippen LogP contribution in [-0.2, 0) is 20.8 Å². The number of nitro groups is 1. The molecule has 27 heavy (non-hydrogen) atoms. The summed E-state index contributed by atoms with van der Waals surface area (Å²) in [5, 5.41) is 10.7. The molecular formula is C16H21N3O7S. The Morgan fingerprint density at radius 1 is 1.26 bits per heavy atom. The Morgan fingerprint density at radius 3 is 2.59 bits per heavy atom. The fraction of sp³-hybridized carbons (Fsp3) is 0.500. The number of nitro benzene ring substituents is 1. The molecule has 2 N–H and O–H groups in total. The molecule has 11 heteroatoms. The number of amides is 2. The van der Waals surface area contributed by atoms with Crippen molar-refractivity contribution in [1.82, 2.24) is 4.90 Å². The number of primary amides is 1. The number of benzene rings is 1. The van der Waals surface area contributed by atoms with Gasteiger partial charge in [0.05, 0.1) is 24.2 Å². The van der Waals surface area contributed by atoms with Gasteiger partial charge in [0, 0.05) is 23.9 Å². The minimum atomic E-state index is -0.869. The number of non-ortho nitro benzene ring substituents is 1. The van der Waals surface area contributed by atoms with Gasteiger partial charge >= 0.3 is 12.2 Å². The fourth-order valence-corrected chi connectivity index (χ4v) is 3.06. The molecule has 1 saturated heterocycles. The first-order valence-electron chi connectivity index (χ1n) is 8.21. The van der Waals surface area contributed by atoms with Crippen molar-refractivity contribution in [2.75, 3.05) is 26.4 Å². The van der Waals surface area contributed by atoms with Crippen LogP contribution in [0.2, 0.25) is 0 Å². The summed E-state index contributed by atoms with van der Waals surface area (Å²) in [5.74, 6) is 0. The summed E-state index contributed by atoms with van der Waals surface area (Å²) in [6.07, 6.45) is -0.731. The van der Waals surface area contributed by atoms with Crippen LogP contribution in [-0.4, -0.2) is 59.7 Å². The van der Waals surface area contributed by atoms with E-state index in [1.807, 2.05) is 0 Å². The number of ether oxygens (including phenoxy) is 3. The number of carbonyl (C=O) groups is 2. The molecule has 0 unspecified atom stereocenters. The molecule has 0 spiro atoms. The first-order chi connectivity index (χ1) is 12.9. The van der Waals surface area contributed by atoms with E-state index in [1.54, 1.807) is 0 Å². The summed E-state index contributed by atoms with van der Waals surface area (Å²) in [6.45, 7) is 0.893. The number of hydrogen-bond acceptors (Lipinski definition) is 8. The summed E-state index contributed by atoms with van der Waals surface area (Å²) in [7, 11) is 0. The van der Waals surface area contributed by atoms with Crippen LogP contribution in [0.3, 0.4) is 0 Å². The van der Waals surface area contributed by atoms with Gasteiger partial charge in [-0.3, -0.25) is 10.1 Å². The quantitative estimate of drug-likeness (QED) is 0.294. The fourth-order valence-electron chi connectivity index (χ4n) is 2.64. The molecule has 0 aliphatic carbocycles. The van der Waals surface area contributed by atoms with Crippen molar-refractivity contribution in [2.24, 2.45) is 5.73 Å². The Hall–Kier alpha value is -2.53. The third kappa shape index (κ3) is 6.61. The van der Waals surface area contributed by atoms with E-state index in [0.29, 0.717) is 18.5 Å². The van der Waals surface area contributed by atoms with E-state index in [4.69, 9.17) is 15.2 Å². The van der Waals surface area contributed by atoms with E-state index >= 15 is 0 Å². The molecule has 2 rings (SSSR count). The number of likely N-dealkylation sites (tertiary alicyclic amines) is 1. The Kier molecular flexibility index (Phi) is 7.67. The monoisotopic (exact) mass is 399 g/mol. The maximum Gasteiger partial charge on any atom is 0.410 e. The van der Waals surface area contributed by atoms with Gasteiger partial charge in [0.1, 0.15) is 13.2 Å². The van der Waals surface area contributed by atoms with Gasteiger partial charge in [0.25, 0.3) is 5.69 Å². The van der Waals surface area contributed by atoms with Gasteiger partial charge < -0.3 is 24.8 Å². The molecule has 1 aromatic rings. The summed E-state index contributed by atoms with van der Waals surface area (Å²) in [5.41, 5.74) is 5.47. The number of nitrogens with two attached hydrogens (primary N) is 1. The normalized spacial score (nSPS) is 18.9. The predicted octanol–water partition coefficient (Wildman–Crippen LogP) is 1.72. The van der Waals surface area contributed by atoms with Crippen LogP contribution in [0.15, 0.2) is 24.3 Å². The third-order valence-corrected chi connectivity index (χ3v) is 4.29. The first-order valence-corrected chi connectivity index (χ1v) is 8.73. The van der Waals surface area contributed by atoms with Crippen molar-refractivity contribution in [3.05, 3.63) is 39.9 Å². The van der Waals surface area contributed by atoms with Gasteiger partial charge in [0.2, 0.25) is 0 Å². The molecule has 0 aromatic heterocycles. The topological polar surface area (TPSA) is 134 Å². The lowest BCUT2D eigenvalue weighted by Gasteiger charge is -2.23. The summed E-state index contributed by atoms with van der Waals surface area (Å²) < 4.78 is 15.3. The highest BCUT2D eigenvalue weighted by Gasteiger charge is 2.34. The van der Waals surface area contributed by atoms with Crippen LogP contribution < -0.4 is 5.73 Å². The molecule has 0 saturated carbocycles. The van der Waals surface area contributed by atoms with Gasteiger partial charge in [-0.05, 0) is 24.1 Å². The zero-order chi connectivity index (χ0) is 19.8. The molecule has 2 amide bonds. The van der Waals surface area contributed by atoms with Gasteiger partial charge in [-0.2, -0.15) is 12.6 Å². The Balaban J connectivity index is 1.80. The van der Waals surface area contributed by atoms with Crippen molar-refractivity contribution in [3.8, 4) is 0 Å². The first kappa shape index (κ1) is 20.8. The minimum Gasteiger partial charge on any atom is -0.447 e. The van der Waals surface area contributed by atoms with Gasteiger partial charge in [-0.15, -0.1) is 0 Å². The molecule has 10 nitrogen and oxygen atoms in total. The highest BCUT2D eigenvalue weighted by atomic mass is 32.1. The minimum absolute atomic E-state index is 0.00456. The highest BCUT2D eigenvalue weighted by molar-refractivity contribution is 7.81. The van der Waals surface area contributed by atoms with Crippen LogP contribution in [0.4, 0.5) is 15.3 Å². The second-order valence-corrected chi connectivity index (χ2v) is 6.65. The van der Waals surface area contributed by atoms with Crippen LogP contribution in [0, 0.1) is 10.1 Å². The van der Waals surface area contributed by atoms with Crippen molar-refractivity contribution in [3.63, 3.8) is 0 Å². The maximum absolute atomic E-state index is 12.3. The Bertz CT molecular complexity index is 670. The highest BCUT2D eigenvalue weighted by Crippen LogP contribution is 2.23. The average Bonchev–Trinajstić information content (AvgIpc) is 3.00. The number of carbonyl (C=O) groups excluding carboxylic acids is 2. The van der Waals surface area contributed by atoms with Crippen molar-refractivity contribution in [2.45, 2.75) is 24.3 Å². The summed E-state index contributed by atoms with van der Waals surface area (Å²) in [4.78, 5) is 34.5. The molecule has 1 heterocycles. The van der Waals surface area contributed by atoms with E-state index in [1.165, 1.54) is 29.2 Å². The lowest BCUT2D eigenvalue weighted by molar-refractivity contribution is -0.384. The smallest absolute Gasteiger partial charge is 0.410 e. The zero-order valence-corrected chi connectivity index (χ0v) is 15.4. The number of thiol groups is 1. The van der Waals surface area contributed by atoms with Gasteiger partial charge in [0.15, 0.2) is 0 Å². The Morgan fingerprint density at radius 2 is 1.96 bits per heavy atom. The van der Waals surface area contributed by atoms with E-state index in [0.717, 1.165) is 0 Å². The number of rotatable bonds is 8. The Labute approximate surface area is 161 Å². The van der Waals surface area contributed by atoms with Crippen LogP contribution in [0.25, 0.3) is 0 Å². The number of nitrogens with zero attached hydrogens (tertiary/aromatic N) is 2. The molecule has 1 aliphatic heterocycles. The maximum atomic E-state index is 12.3. The largest absolute Gasteiger partial charge is 0.447 e. The van der Waals surface area contributed by atoms with Gasteiger partial charge in [-0.25, -0.2) is 9.59 Å². The summed E-state index contributed by atoms with van der Waals surface area (Å²) >= 11 is 4.41. The number of hydrogen-bond donors (Lipinski definition) is 2. The predicted molar refractivity (Wildman–Crippen MR) is 97.5 cm³/mol. The standard InChI is InChI=1S/C16H21N3O7S/c17-15(20)25-6-5-24-10-13-7-14(27)8-18(13)16(21)26-9-11-1-3-12(4-2-11)19(22)23/h1-4,13-14,27H,5-10H2,(H2,17,20)/t13-,14-/m0/s1. The van der Waals surface area contributed by atoms with Crippen molar-refractivity contribution < 1.29 is 28.7 Å². The van der Waals surface area contributed by atoms with Crippen LogP contribution in [0.5, 0.6) is 0 Å². The second-order valence-electron chi connectivity index (χ2n) is 5.92.